The molecule has 0 spiro atoms. The molecule has 1 amide bonds. The number of ether oxygens (including phenoxy) is 7. The monoisotopic (exact) mass is 696 g/mol. The fraction of sp³-hybridized carbons (Fsp3) is 0.686. The number of esters is 3. The minimum absolute atomic E-state index is 0.0216. The van der Waals surface area contributed by atoms with Crippen LogP contribution in [0.4, 0.5) is 0 Å². The van der Waals surface area contributed by atoms with Crippen molar-refractivity contribution in [1.29, 1.82) is 0 Å². The zero-order chi connectivity index (χ0) is 36.3. The molecule has 0 radical (unpaired) electrons. The number of unbranched alkanes of at least 4 members (excludes halogenated alkanes) is 1. The fourth-order valence-corrected chi connectivity index (χ4v) is 3.98. The van der Waals surface area contributed by atoms with Gasteiger partial charge in [-0.25, -0.2) is 0 Å². The average molecular weight is 697 g/mol. The van der Waals surface area contributed by atoms with Crippen molar-refractivity contribution in [2.75, 3.05) is 79.1 Å². The van der Waals surface area contributed by atoms with Gasteiger partial charge in [0.15, 0.2) is 5.78 Å². The summed E-state index contributed by atoms with van der Waals surface area (Å²) in [5.74, 6) is -2.15. The normalized spacial score (nSPS) is 12.0. The summed E-state index contributed by atoms with van der Waals surface area (Å²) in [5, 5.41) is 2.56. The van der Waals surface area contributed by atoms with Gasteiger partial charge in [-0.15, -0.1) is 0 Å². The highest BCUT2D eigenvalue weighted by molar-refractivity contribution is 5.90. The number of Topliss-reactive ketones (excluding diaryl/α,β-unsaturated/α-hetero) is 1. The number of rotatable bonds is 28. The second-order valence-electron chi connectivity index (χ2n) is 12.2. The number of amides is 1. The van der Waals surface area contributed by atoms with Gasteiger partial charge in [0.1, 0.15) is 12.2 Å². The van der Waals surface area contributed by atoms with E-state index in [9.17, 15) is 24.0 Å². The molecule has 1 unspecified atom stereocenters. The summed E-state index contributed by atoms with van der Waals surface area (Å²) in [5.41, 5.74) is 0.200. The number of ketones is 1. The van der Waals surface area contributed by atoms with Crippen LogP contribution in [0.1, 0.15) is 65.9 Å². The Hall–Kier alpha value is -3.43. The first-order valence-corrected chi connectivity index (χ1v) is 16.8. The molecule has 1 atom stereocenters. The molecular formula is C35H56N2O12. The Morgan fingerprint density at radius 1 is 0.735 bits per heavy atom. The van der Waals surface area contributed by atoms with Gasteiger partial charge in [-0.2, -0.15) is 0 Å². The smallest absolute Gasteiger partial charge is 0.320 e. The van der Waals surface area contributed by atoms with Crippen LogP contribution in [0.5, 0.6) is 0 Å². The Morgan fingerprint density at radius 2 is 1.31 bits per heavy atom. The van der Waals surface area contributed by atoms with Gasteiger partial charge in [-0.05, 0) is 39.7 Å². The number of carbonyl (C=O) groups is 5. The van der Waals surface area contributed by atoms with E-state index < -0.39 is 35.5 Å². The Morgan fingerprint density at radius 3 is 1.88 bits per heavy atom. The van der Waals surface area contributed by atoms with Gasteiger partial charge in [0.05, 0.1) is 85.0 Å². The van der Waals surface area contributed by atoms with Crippen LogP contribution >= 0.6 is 0 Å². The molecule has 278 valence electrons. The molecule has 0 heterocycles. The van der Waals surface area contributed by atoms with Crippen molar-refractivity contribution >= 4 is 29.6 Å². The van der Waals surface area contributed by atoms with Crippen molar-refractivity contribution in [2.45, 2.75) is 78.6 Å². The average Bonchev–Trinajstić information content (AvgIpc) is 3.03. The maximum atomic E-state index is 12.3. The van der Waals surface area contributed by atoms with E-state index in [0.717, 1.165) is 18.4 Å². The van der Waals surface area contributed by atoms with Gasteiger partial charge in [0, 0.05) is 13.0 Å². The minimum Gasteiger partial charge on any atom is -0.465 e. The van der Waals surface area contributed by atoms with E-state index in [0.29, 0.717) is 46.2 Å². The number of hydrogen-bond donors (Lipinski definition) is 1. The van der Waals surface area contributed by atoms with E-state index in [1.807, 2.05) is 37.3 Å². The summed E-state index contributed by atoms with van der Waals surface area (Å²) in [6.07, 6.45) is 1.47. The van der Waals surface area contributed by atoms with E-state index in [1.165, 1.54) is 6.92 Å². The number of carbonyl (C=O) groups excluding carboxylic acids is 5. The van der Waals surface area contributed by atoms with Gasteiger partial charge < -0.3 is 38.5 Å². The lowest BCUT2D eigenvalue weighted by Crippen LogP contribution is -2.41. The number of hydrogen-bond acceptors (Lipinski definition) is 13. The largest absolute Gasteiger partial charge is 0.465 e. The van der Waals surface area contributed by atoms with Crippen molar-refractivity contribution in [3.63, 3.8) is 0 Å². The summed E-state index contributed by atoms with van der Waals surface area (Å²) in [6.45, 7) is 11.7. The first-order chi connectivity index (χ1) is 23.4. The van der Waals surface area contributed by atoms with Crippen LogP contribution in [0.3, 0.4) is 0 Å². The van der Waals surface area contributed by atoms with Gasteiger partial charge in [0.25, 0.3) is 0 Å². The van der Waals surface area contributed by atoms with Gasteiger partial charge in [-0.1, -0.05) is 43.7 Å². The lowest BCUT2D eigenvalue weighted by atomic mass is 10.1. The molecule has 1 aromatic rings. The standard InChI is InChI=1S/C35H56N2O12/c1-6-7-15-47-33(41)25-37(26-34(42)49-35(3,4)5)14-17-44-19-21-46-23-22-45-20-18-43-16-13-31(39)36-30(28(2)38)24-32(40)48-27-29-11-9-8-10-12-29/h8-12,30H,6-7,13-27H2,1-5H3,(H,36,39). The summed E-state index contributed by atoms with van der Waals surface area (Å²) < 4.78 is 37.8. The van der Waals surface area contributed by atoms with E-state index in [1.54, 1.807) is 25.7 Å². The van der Waals surface area contributed by atoms with Crippen LogP contribution in [-0.4, -0.2) is 125 Å². The van der Waals surface area contributed by atoms with Crippen LogP contribution in [0.15, 0.2) is 30.3 Å². The first kappa shape index (κ1) is 43.6. The van der Waals surface area contributed by atoms with E-state index in [2.05, 4.69) is 5.32 Å². The Bertz CT molecular complexity index is 1090. The van der Waals surface area contributed by atoms with E-state index >= 15 is 0 Å². The molecule has 49 heavy (non-hydrogen) atoms. The van der Waals surface area contributed by atoms with E-state index in [-0.39, 0.29) is 58.1 Å². The van der Waals surface area contributed by atoms with Crippen LogP contribution in [0.2, 0.25) is 0 Å². The third-order valence-electron chi connectivity index (χ3n) is 6.47. The highest BCUT2D eigenvalue weighted by atomic mass is 16.6. The highest BCUT2D eigenvalue weighted by Crippen LogP contribution is 2.08. The third kappa shape index (κ3) is 25.2. The zero-order valence-corrected chi connectivity index (χ0v) is 29.8. The van der Waals surface area contributed by atoms with Crippen molar-refractivity contribution in [3.05, 3.63) is 35.9 Å². The molecule has 1 rings (SSSR count). The molecule has 14 nitrogen and oxygen atoms in total. The lowest BCUT2D eigenvalue weighted by molar-refractivity contribution is -0.157. The van der Waals surface area contributed by atoms with Crippen LogP contribution in [-0.2, 0) is 63.7 Å². The van der Waals surface area contributed by atoms with Crippen molar-refractivity contribution in [3.8, 4) is 0 Å². The first-order valence-electron chi connectivity index (χ1n) is 16.8. The molecule has 1 N–H and O–H groups in total. The van der Waals surface area contributed by atoms with Gasteiger partial charge in [0.2, 0.25) is 5.91 Å². The molecule has 0 aliphatic heterocycles. The quantitative estimate of drug-likeness (QED) is 0.0773. The summed E-state index contributed by atoms with van der Waals surface area (Å²) in [4.78, 5) is 62.4. The summed E-state index contributed by atoms with van der Waals surface area (Å²) >= 11 is 0. The fourth-order valence-electron chi connectivity index (χ4n) is 3.98. The van der Waals surface area contributed by atoms with Crippen molar-refractivity contribution in [2.24, 2.45) is 0 Å². The van der Waals surface area contributed by atoms with E-state index in [4.69, 9.17) is 33.2 Å². The third-order valence-corrected chi connectivity index (χ3v) is 6.47. The van der Waals surface area contributed by atoms with Gasteiger partial charge in [-0.3, -0.25) is 28.9 Å². The Balaban J connectivity index is 2.11. The molecule has 0 aliphatic rings. The molecule has 0 saturated carbocycles. The van der Waals surface area contributed by atoms with Gasteiger partial charge >= 0.3 is 17.9 Å². The second-order valence-corrected chi connectivity index (χ2v) is 12.2. The summed E-state index contributed by atoms with van der Waals surface area (Å²) in [7, 11) is 0. The molecule has 0 fully saturated rings. The maximum absolute atomic E-state index is 12.3. The topological polar surface area (TPSA) is 165 Å². The molecule has 0 aromatic heterocycles. The maximum Gasteiger partial charge on any atom is 0.320 e. The zero-order valence-electron chi connectivity index (χ0n) is 29.8. The predicted molar refractivity (Wildman–Crippen MR) is 180 cm³/mol. The SMILES string of the molecule is CCCCOC(=O)CN(CCOCCOCCOCCOCCC(=O)NC(CC(=O)OCc1ccccc1)C(C)=O)CC(=O)OC(C)(C)C. The molecule has 0 saturated heterocycles. The highest BCUT2D eigenvalue weighted by Gasteiger charge is 2.22. The predicted octanol–water partition coefficient (Wildman–Crippen LogP) is 2.64. The van der Waals surface area contributed by atoms with Crippen molar-refractivity contribution < 1.29 is 57.1 Å². The lowest BCUT2D eigenvalue weighted by Gasteiger charge is -2.24. The number of nitrogens with zero attached hydrogens (tertiary/aromatic N) is 1. The van der Waals surface area contributed by atoms with Crippen molar-refractivity contribution in [1.82, 2.24) is 10.2 Å². The number of nitrogens with one attached hydrogen (secondary N) is 1. The van der Waals surface area contributed by atoms with Crippen LogP contribution in [0, 0.1) is 0 Å². The molecule has 14 heteroatoms. The molecular weight excluding hydrogens is 640 g/mol. The van der Waals surface area contributed by atoms with Crippen LogP contribution in [0.25, 0.3) is 0 Å². The Labute approximate surface area is 290 Å². The molecule has 1 aromatic carbocycles. The second kappa shape index (κ2) is 26.4. The molecule has 0 bridgehead atoms. The minimum atomic E-state index is -0.964. The Kier molecular flexibility index (Phi) is 23.5. The number of benzene rings is 1. The molecule has 0 aliphatic carbocycles. The van der Waals surface area contributed by atoms with Crippen LogP contribution < -0.4 is 5.32 Å². The summed E-state index contributed by atoms with van der Waals surface area (Å²) in [6, 6.07) is 8.20.